The van der Waals surface area contributed by atoms with Crippen LogP contribution in [0.5, 0.6) is 0 Å². The van der Waals surface area contributed by atoms with Crippen molar-refractivity contribution >= 4 is 52.8 Å². The van der Waals surface area contributed by atoms with Crippen LogP contribution in [0.3, 0.4) is 0 Å². The highest BCUT2D eigenvalue weighted by atomic mass is 32.1. The van der Waals surface area contributed by atoms with Crippen LogP contribution in [0.15, 0.2) is 36.1 Å². The molecule has 0 fully saturated rings. The number of halogens is 3. The van der Waals surface area contributed by atoms with Crippen LogP contribution in [0.25, 0.3) is 0 Å². The van der Waals surface area contributed by atoms with E-state index in [9.17, 15) is 37.1 Å². The van der Waals surface area contributed by atoms with Gasteiger partial charge in [-0.1, -0.05) is 0 Å². The Labute approximate surface area is 249 Å². The molecule has 43 heavy (non-hydrogen) atoms. The molecule has 1 aliphatic rings. The summed E-state index contributed by atoms with van der Waals surface area (Å²) in [6.45, 7) is 3.74. The van der Waals surface area contributed by atoms with Gasteiger partial charge in [-0.2, -0.15) is 13.2 Å². The third-order valence-electron chi connectivity index (χ3n) is 5.62. The Kier molecular flexibility index (Phi) is 12.3. The number of esters is 4. The van der Waals surface area contributed by atoms with Gasteiger partial charge in [-0.3, -0.25) is 19.2 Å². The number of hydrogen-bond acceptors (Lipinski definition) is 11. The van der Waals surface area contributed by atoms with Gasteiger partial charge in [0.1, 0.15) is 6.61 Å². The Morgan fingerprint density at radius 2 is 1.56 bits per heavy atom. The number of thiocarbonyl (C=S) groups is 1. The van der Waals surface area contributed by atoms with Crippen molar-refractivity contribution in [3.05, 3.63) is 41.7 Å². The fraction of sp³-hybridized carbons (Fsp3) is 0.462. The second kappa shape index (κ2) is 15.2. The van der Waals surface area contributed by atoms with Crippen LogP contribution < -0.4 is 16.0 Å². The molecule has 0 spiro atoms. The van der Waals surface area contributed by atoms with E-state index in [2.05, 4.69) is 16.0 Å². The maximum absolute atomic E-state index is 12.9. The largest absolute Gasteiger partial charge is 0.477 e. The number of carbonyl (C=O) groups excluding carboxylic acids is 5. The number of ether oxygens (including phenoxy) is 5. The molecule has 17 heteroatoms. The lowest BCUT2D eigenvalue weighted by Gasteiger charge is -2.42. The zero-order valence-corrected chi connectivity index (χ0v) is 24.4. The van der Waals surface area contributed by atoms with Gasteiger partial charge >= 0.3 is 30.1 Å². The van der Waals surface area contributed by atoms with Gasteiger partial charge in [0.25, 0.3) is 0 Å². The molecule has 3 N–H and O–H groups in total. The molecule has 0 aromatic heterocycles. The Morgan fingerprint density at radius 3 is 2.05 bits per heavy atom. The number of anilines is 1. The summed E-state index contributed by atoms with van der Waals surface area (Å²) in [6.07, 6.45) is -7.87. The van der Waals surface area contributed by atoms with Gasteiger partial charge in [-0.05, 0) is 42.6 Å². The van der Waals surface area contributed by atoms with Crippen molar-refractivity contribution in [3.8, 4) is 0 Å². The zero-order valence-electron chi connectivity index (χ0n) is 23.6. The van der Waals surface area contributed by atoms with E-state index >= 15 is 0 Å². The molecular weight excluding hydrogens is 603 g/mol. The fourth-order valence-electron chi connectivity index (χ4n) is 3.97. The second-order valence-electron chi connectivity index (χ2n) is 9.06. The number of rotatable bonds is 10. The quantitative estimate of drug-likeness (QED) is 0.194. The predicted octanol–water partition coefficient (Wildman–Crippen LogP) is 1.75. The summed E-state index contributed by atoms with van der Waals surface area (Å²) < 4.78 is 65.0. The van der Waals surface area contributed by atoms with Crippen molar-refractivity contribution in [3.63, 3.8) is 0 Å². The van der Waals surface area contributed by atoms with Crippen LogP contribution in [0.2, 0.25) is 0 Å². The first-order chi connectivity index (χ1) is 20.0. The summed E-state index contributed by atoms with van der Waals surface area (Å²) in [7, 11) is 1.06. The molecular formula is C26H30F3N3O10S. The van der Waals surface area contributed by atoms with Gasteiger partial charge in [0.2, 0.25) is 11.7 Å². The van der Waals surface area contributed by atoms with Gasteiger partial charge in [0.05, 0.1) is 24.8 Å². The Morgan fingerprint density at radius 1 is 0.953 bits per heavy atom. The number of hydrogen-bond donors (Lipinski definition) is 3. The highest BCUT2D eigenvalue weighted by molar-refractivity contribution is 7.80. The minimum atomic E-state index is -4.55. The molecule has 1 aromatic rings. The van der Waals surface area contributed by atoms with Gasteiger partial charge in [-0.25, -0.2) is 4.79 Å². The summed E-state index contributed by atoms with van der Waals surface area (Å²) >= 11 is 5.32. The van der Waals surface area contributed by atoms with Gasteiger partial charge in [0, 0.05) is 33.4 Å². The van der Waals surface area contributed by atoms with Crippen LogP contribution in [0, 0.1) is 0 Å². The molecule has 0 saturated heterocycles. The van der Waals surface area contributed by atoms with E-state index in [1.807, 2.05) is 0 Å². The maximum atomic E-state index is 12.9. The van der Waals surface area contributed by atoms with E-state index in [0.29, 0.717) is 0 Å². The van der Waals surface area contributed by atoms with E-state index in [1.54, 1.807) is 0 Å². The van der Waals surface area contributed by atoms with Crippen LogP contribution in [0.1, 0.15) is 33.3 Å². The Hall–Kier alpha value is -4.41. The molecule has 0 radical (unpaired) electrons. The van der Waals surface area contributed by atoms with Crippen LogP contribution in [0.4, 0.5) is 18.9 Å². The summed E-state index contributed by atoms with van der Waals surface area (Å²) in [4.78, 5) is 60.4. The Bertz CT molecular complexity index is 1260. The van der Waals surface area contributed by atoms with Crippen LogP contribution in [-0.4, -0.2) is 79.0 Å². The molecule has 1 amide bonds. The van der Waals surface area contributed by atoms with Crippen molar-refractivity contribution < 1.29 is 60.8 Å². The highest BCUT2D eigenvalue weighted by Crippen LogP contribution is 2.30. The number of amides is 1. The van der Waals surface area contributed by atoms with Gasteiger partial charge in [0.15, 0.2) is 23.4 Å². The molecule has 0 saturated carbocycles. The van der Waals surface area contributed by atoms with Crippen LogP contribution >= 0.6 is 12.2 Å². The molecule has 1 heterocycles. The van der Waals surface area contributed by atoms with Crippen molar-refractivity contribution in [2.75, 3.05) is 19.0 Å². The van der Waals surface area contributed by atoms with E-state index in [1.165, 1.54) is 6.08 Å². The topological polar surface area (TPSA) is 168 Å². The molecule has 1 aliphatic heterocycles. The van der Waals surface area contributed by atoms with Crippen LogP contribution in [-0.2, 0) is 53.8 Å². The SMILES string of the molecule is COC(=O)C1=C[C@H](NC(=S)Nc2ccc(C(F)(F)F)cc2)[C@@H](NC(C)=O)[C@H]([C@H](OC(C)=O)[C@@H](COC(C)=O)OC(C)=O)O1. The molecule has 0 bridgehead atoms. The first-order valence-corrected chi connectivity index (χ1v) is 12.9. The molecule has 5 atom stereocenters. The van der Waals surface area contributed by atoms with Crippen molar-refractivity contribution in [1.82, 2.24) is 10.6 Å². The standard InChI is InChI=1S/C26H30F3N3O10S/c1-12(33)30-21-18(32-25(43)31-17-8-6-16(7-9-17)26(27,28)29)10-19(24(37)38-5)42-23(21)22(41-15(4)36)20(40-14(3)35)11-39-13(2)34/h6-10,18,20-23H,11H2,1-5H3,(H,30,33)(H2,31,32,43)/t18-,20+,21+,22+,23+/m0/s1. The Balaban J connectivity index is 2.52. The van der Waals surface area contributed by atoms with E-state index < -0.39 is 84.3 Å². The minimum Gasteiger partial charge on any atom is -0.477 e. The summed E-state index contributed by atoms with van der Waals surface area (Å²) in [5.74, 6) is -4.49. The lowest BCUT2D eigenvalue weighted by atomic mass is 9.91. The van der Waals surface area contributed by atoms with Gasteiger partial charge in [-0.15, -0.1) is 0 Å². The molecule has 236 valence electrons. The van der Waals surface area contributed by atoms with Crippen molar-refractivity contribution in [2.45, 2.75) is 64.3 Å². The predicted molar refractivity (Wildman–Crippen MR) is 145 cm³/mol. The van der Waals surface area contributed by atoms with Gasteiger partial charge < -0.3 is 39.6 Å². The zero-order chi connectivity index (χ0) is 32.5. The molecule has 0 unspecified atom stereocenters. The summed E-state index contributed by atoms with van der Waals surface area (Å²) in [5.41, 5.74) is -0.704. The first-order valence-electron chi connectivity index (χ1n) is 12.5. The third-order valence-corrected chi connectivity index (χ3v) is 5.84. The molecule has 13 nitrogen and oxygen atoms in total. The fourth-order valence-corrected chi connectivity index (χ4v) is 4.23. The number of alkyl halides is 3. The maximum Gasteiger partial charge on any atom is 0.416 e. The lowest BCUT2D eigenvalue weighted by molar-refractivity contribution is -0.188. The highest BCUT2D eigenvalue weighted by Gasteiger charge is 2.48. The third kappa shape index (κ3) is 10.7. The number of nitrogens with one attached hydrogen (secondary N) is 3. The minimum absolute atomic E-state index is 0.151. The molecule has 1 aromatic carbocycles. The average Bonchev–Trinajstić information content (AvgIpc) is 2.89. The number of methoxy groups -OCH3 is 1. The number of benzene rings is 1. The second-order valence-corrected chi connectivity index (χ2v) is 9.46. The first kappa shape index (κ1) is 34.8. The molecule has 0 aliphatic carbocycles. The molecule has 2 rings (SSSR count). The van der Waals surface area contributed by atoms with E-state index in [-0.39, 0.29) is 10.8 Å². The normalized spacial score (nSPS) is 19.3. The smallest absolute Gasteiger partial charge is 0.416 e. The van der Waals surface area contributed by atoms with Crippen molar-refractivity contribution in [2.24, 2.45) is 0 Å². The van der Waals surface area contributed by atoms with E-state index in [0.717, 1.165) is 59.1 Å². The summed E-state index contributed by atoms with van der Waals surface area (Å²) in [6, 6.07) is 1.63. The lowest BCUT2D eigenvalue weighted by Crippen LogP contribution is -2.64. The summed E-state index contributed by atoms with van der Waals surface area (Å²) in [5, 5.41) is 7.98. The average molecular weight is 634 g/mol. The van der Waals surface area contributed by atoms with Crippen molar-refractivity contribution in [1.29, 1.82) is 0 Å². The monoisotopic (exact) mass is 633 g/mol. The number of carbonyl (C=O) groups is 5. The van der Waals surface area contributed by atoms with E-state index in [4.69, 9.17) is 35.9 Å².